The molecular formula is C37H45BFN5O4. The Balaban J connectivity index is 1.16. The van der Waals surface area contributed by atoms with Crippen LogP contribution in [0.1, 0.15) is 82.5 Å². The third-order valence-corrected chi connectivity index (χ3v) is 9.64. The quantitative estimate of drug-likeness (QED) is 0.295. The van der Waals surface area contributed by atoms with Gasteiger partial charge >= 0.3 is 6.09 Å². The van der Waals surface area contributed by atoms with Crippen LogP contribution >= 0.6 is 0 Å². The highest BCUT2D eigenvalue weighted by Gasteiger charge is 2.38. The monoisotopic (exact) mass is 653 g/mol. The average molecular weight is 654 g/mol. The number of likely N-dealkylation sites (tertiary alicyclic amines) is 1. The molecule has 0 radical (unpaired) electrons. The summed E-state index contributed by atoms with van der Waals surface area (Å²) in [4.78, 5) is 44.7. The predicted molar refractivity (Wildman–Crippen MR) is 188 cm³/mol. The number of amides is 3. The van der Waals surface area contributed by atoms with Crippen molar-refractivity contribution in [1.82, 2.24) is 9.71 Å². The van der Waals surface area contributed by atoms with Crippen LogP contribution in [-0.4, -0.2) is 66.4 Å². The number of ether oxygens (including phenoxy) is 1. The fraction of sp³-hybridized carbons (Fsp3) is 0.432. The number of nitrogens with one attached hydrogen (secondary N) is 2. The molecule has 3 aliphatic rings. The van der Waals surface area contributed by atoms with Crippen LogP contribution < -0.4 is 15.5 Å². The molecule has 2 unspecified atom stereocenters. The third kappa shape index (κ3) is 7.51. The number of anilines is 3. The van der Waals surface area contributed by atoms with Crippen molar-refractivity contribution in [3.05, 3.63) is 89.7 Å². The molecule has 4 atom stereocenters. The van der Waals surface area contributed by atoms with E-state index in [4.69, 9.17) is 4.74 Å². The Labute approximate surface area is 283 Å². The summed E-state index contributed by atoms with van der Waals surface area (Å²) in [6.45, 7) is 6.87. The number of hydrogen-bond donors (Lipinski definition) is 2. The van der Waals surface area contributed by atoms with E-state index in [0.717, 1.165) is 61.2 Å². The lowest BCUT2D eigenvalue weighted by atomic mass is 10.0. The van der Waals surface area contributed by atoms with Crippen molar-refractivity contribution < 1.29 is 23.5 Å². The highest BCUT2D eigenvalue weighted by atomic mass is 19.1. The van der Waals surface area contributed by atoms with Crippen molar-refractivity contribution in [2.45, 2.75) is 89.1 Å². The zero-order valence-electron chi connectivity index (χ0n) is 28.2. The lowest BCUT2D eigenvalue weighted by Gasteiger charge is -2.33. The molecule has 11 heteroatoms. The standard InChI is InChI=1S/C37H45BFN5O4/c1-37(2,3)48-36(47)42-22-4-6-32(42)34(45)40-27-14-8-24(9-15-27)30-20-21-31(44(30)29-18-12-26(39)13-19-29)25-10-16-28(17-11-25)41-35(46)33-7-5-23-43(33)38/h8-19,30-33H,4-7,20-23,38H2,1-3H3,(H,40,45)(H,41,46)/t30?,31?,32-,33-/m0/s1. The SMILES string of the molecule is BN1CCC[C@H]1C(=O)Nc1ccc(C2CCC(c3ccc(NC(=O)[C@@H]4CCCN4C(=O)OC(C)(C)C)cc3)N2c2ccc(F)cc2)cc1. The van der Waals surface area contributed by atoms with Crippen LogP contribution in [0.15, 0.2) is 72.8 Å². The van der Waals surface area contributed by atoms with Crippen LogP contribution in [0, 0.1) is 5.82 Å². The highest BCUT2D eigenvalue weighted by molar-refractivity contribution is 6.08. The van der Waals surface area contributed by atoms with Crippen LogP contribution in [0.2, 0.25) is 0 Å². The van der Waals surface area contributed by atoms with Gasteiger partial charge in [0.2, 0.25) is 11.8 Å². The summed E-state index contributed by atoms with van der Waals surface area (Å²) in [6.07, 6.45) is 4.54. The van der Waals surface area contributed by atoms with Gasteiger partial charge in [-0.05, 0) is 125 Å². The van der Waals surface area contributed by atoms with E-state index in [1.165, 1.54) is 17.0 Å². The van der Waals surface area contributed by atoms with Crippen molar-refractivity contribution in [3.63, 3.8) is 0 Å². The van der Waals surface area contributed by atoms with Crippen molar-refractivity contribution >= 4 is 43.0 Å². The molecule has 0 aromatic heterocycles. The molecule has 6 rings (SSSR count). The molecule has 252 valence electrons. The summed E-state index contributed by atoms with van der Waals surface area (Å²) in [5, 5.41) is 6.07. The van der Waals surface area contributed by atoms with E-state index >= 15 is 0 Å². The molecule has 2 N–H and O–H groups in total. The zero-order chi connectivity index (χ0) is 34.0. The Hall–Kier alpha value is -4.38. The molecule has 0 bridgehead atoms. The van der Waals surface area contributed by atoms with Crippen LogP contribution in [0.25, 0.3) is 0 Å². The first-order valence-electron chi connectivity index (χ1n) is 17.0. The minimum atomic E-state index is -0.634. The Bertz CT molecular complexity index is 1610. The molecule has 3 aromatic rings. The number of carbonyl (C=O) groups excluding carboxylic acids is 3. The normalized spacial score (nSPS) is 22.9. The van der Waals surface area contributed by atoms with E-state index in [1.807, 2.05) is 77.3 Å². The molecule has 3 heterocycles. The molecule has 0 saturated carbocycles. The summed E-state index contributed by atoms with van der Waals surface area (Å²) in [6, 6.07) is 21.9. The Morgan fingerprint density at radius 2 is 1.23 bits per heavy atom. The van der Waals surface area contributed by atoms with Crippen LogP contribution in [0.3, 0.4) is 0 Å². The van der Waals surface area contributed by atoms with Gasteiger partial charge in [0.25, 0.3) is 0 Å². The number of halogens is 1. The zero-order valence-corrected chi connectivity index (χ0v) is 28.2. The van der Waals surface area contributed by atoms with E-state index in [0.29, 0.717) is 18.7 Å². The lowest BCUT2D eigenvalue weighted by molar-refractivity contribution is -0.120. The second-order valence-corrected chi connectivity index (χ2v) is 14.2. The van der Waals surface area contributed by atoms with Gasteiger partial charge < -0.3 is 25.1 Å². The Morgan fingerprint density at radius 1 is 0.729 bits per heavy atom. The van der Waals surface area contributed by atoms with E-state index in [-0.39, 0.29) is 35.8 Å². The first-order valence-corrected chi connectivity index (χ1v) is 17.0. The van der Waals surface area contributed by atoms with Crippen LogP contribution in [0.5, 0.6) is 0 Å². The number of nitrogens with zero attached hydrogens (tertiary/aromatic N) is 3. The summed E-state index contributed by atoms with van der Waals surface area (Å²) in [5.74, 6) is -0.485. The van der Waals surface area contributed by atoms with E-state index in [9.17, 15) is 18.8 Å². The van der Waals surface area contributed by atoms with Gasteiger partial charge in [-0.3, -0.25) is 14.5 Å². The van der Waals surface area contributed by atoms with E-state index in [2.05, 4.69) is 32.5 Å². The fourth-order valence-corrected chi connectivity index (χ4v) is 7.29. The molecule has 3 aliphatic heterocycles. The van der Waals surface area contributed by atoms with E-state index in [1.54, 1.807) is 0 Å². The molecule has 48 heavy (non-hydrogen) atoms. The summed E-state index contributed by atoms with van der Waals surface area (Å²) in [5.41, 5.74) is 3.92. The molecule has 3 fully saturated rings. The molecule has 3 saturated heterocycles. The van der Waals surface area contributed by atoms with Crippen LogP contribution in [-0.2, 0) is 14.3 Å². The fourth-order valence-electron chi connectivity index (χ4n) is 7.29. The van der Waals surface area contributed by atoms with E-state index < -0.39 is 17.7 Å². The first-order chi connectivity index (χ1) is 23.0. The molecular weight excluding hydrogens is 608 g/mol. The maximum Gasteiger partial charge on any atom is 0.410 e. The predicted octanol–water partition coefficient (Wildman–Crippen LogP) is 6.20. The largest absolute Gasteiger partial charge is 0.444 e. The summed E-state index contributed by atoms with van der Waals surface area (Å²) in [7, 11) is 1.99. The lowest BCUT2D eigenvalue weighted by Crippen LogP contribution is -2.45. The number of rotatable bonds is 7. The van der Waals surface area contributed by atoms with Crippen LogP contribution in [0.4, 0.5) is 26.2 Å². The highest BCUT2D eigenvalue weighted by Crippen LogP contribution is 2.47. The van der Waals surface area contributed by atoms with Gasteiger partial charge in [0, 0.05) is 23.6 Å². The maximum absolute atomic E-state index is 14.0. The molecule has 3 aromatic carbocycles. The third-order valence-electron chi connectivity index (χ3n) is 9.64. The summed E-state index contributed by atoms with van der Waals surface area (Å²) >= 11 is 0. The topological polar surface area (TPSA) is 94.2 Å². The van der Waals surface area contributed by atoms with Crippen molar-refractivity contribution in [1.29, 1.82) is 0 Å². The van der Waals surface area contributed by atoms with Gasteiger partial charge in [-0.15, -0.1) is 0 Å². The first kappa shape index (κ1) is 33.5. The van der Waals surface area contributed by atoms with Crippen molar-refractivity contribution in [2.24, 2.45) is 0 Å². The Kier molecular flexibility index (Phi) is 9.78. The molecule has 0 spiro atoms. The number of carbonyl (C=O) groups is 3. The van der Waals surface area contributed by atoms with Crippen molar-refractivity contribution in [3.8, 4) is 0 Å². The average Bonchev–Trinajstić information content (AvgIpc) is 3.82. The Morgan fingerprint density at radius 3 is 1.73 bits per heavy atom. The maximum atomic E-state index is 14.0. The van der Waals surface area contributed by atoms with Gasteiger partial charge in [0.15, 0.2) is 7.98 Å². The minimum absolute atomic E-state index is 0.0277. The number of hydrogen-bond acceptors (Lipinski definition) is 6. The second kappa shape index (κ2) is 14.0. The summed E-state index contributed by atoms with van der Waals surface area (Å²) < 4.78 is 19.5. The van der Waals surface area contributed by atoms with Gasteiger partial charge in [-0.25, -0.2) is 9.18 Å². The van der Waals surface area contributed by atoms with Crippen molar-refractivity contribution in [2.75, 3.05) is 28.6 Å². The molecule has 0 aliphatic carbocycles. The van der Waals surface area contributed by atoms with Gasteiger partial charge in [0.05, 0.1) is 18.1 Å². The second-order valence-electron chi connectivity index (χ2n) is 14.2. The van der Waals surface area contributed by atoms with Gasteiger partial charge in [0.1, 0.15) is 17.5 Å². The molecule has 9 nitrogen and oxygen atoms in total. The molecule has 3 amide bonds. The van der Waals surface area contributed by atoms with Gasteiger partial charge in [-0.1, -0.05) is 24.3 Å². The minimum Gasteiger partial charge on any atom is -0.444 e. The smallest absolute Gasteiger partial charge is 0.410 e. The van der Waals surface area contributed by atoms with Gasteiger partial charge in [-0.2, -0.15) is 0 Å². The number of benzene rings is 3.